The van der Waals surface area contributed by atoms with Crippen LogP contribution in [-0.4, -0.2) is 40.3 Å². The Kier molecular flexibility index (Phi) is 5.45. The van der Waals surface area contributed by atoms with E-state index < -0.39 is 36.5 Å². The van der Waals surface area contributed by atoms with E-state index in [1.54, 1.807) is 6.92 Å². The van der Waals surface area contributed by atoms with Gasteiger partial charge in [-0.25, -0.2) is 0 Å². The van der Waals surface area contributed by atoms with Crippen molar-refractivity contribution in [3.05, 3.63) is 0 Å². The molecule has 2 aliphatic carbocycles. The summed E-state index contributed by atoms with van der Waals surface area (Å²) in [5.74, 6) is 1.07. The Balaban J connectivity index is 1.81. The van der Waals surface area contributed by atoms with Gasteiger partial charge in [-0.15, -0.1) is 0 Å². The highest BCUT2D eigenvalue weighted by atomic mass is 16.4. The van der Waals surface area contributed by atoms with Crippen molar-refractivity contribution in [3.63, 3.8) is 0 Å². The van der Waals surface area contributed by atoms with Crippen molar-refractivity contribution in [2.75, 3.05) is 0 Å². The fourth-order valence-electron chi connectivity index (χ4n) is 4.30. The molecule has 7 atom stereocenters. The Labute approximate surface area is 131 Å². The number of amides is 1. The number of nitrogens with one attached hydrogen (secondary N) is 1. The Bertz CT molecular complexity index is 426. The summed E-state index contributed by atoms with van der Waals surface area (Å²) in [5.41, 5.74) is 5.53. The fraction of sp³-hybridized carbons (Fsp3) is 0.875. The summed E-state index contributed by atoms with van der Waals surface area (Å²) in [6.45, 7) is 4.02. The number of carbonyl (C=O) groups excluding carboxylic acids is 1. The van der Waals surface area contributed by atoms with Crippen molar-refractivity contribution in [2.45, 2.75) is 64.1 Å². The maximum atomic E-state index is 11.8. The lowest BCUT2D eigenvalue weighted by atomic mass is 9.77. The zero-order chi connectivity index (χ0) is 16.4. The number of hydrogen-bond donors (Lipinski definition) is 4. The van der Waals surface area contributed by atoms with Crippen LogP contribution in [0.2, 0.25) is 0 Å². The molecule has 0 aromatic carbocycles. The zero-order valence-corrected chi connectivity index (χ0v) is 13.4. The smallest absolute Gasteiger partial charge is 0.305 e. The first-order valence-corrected chi connectivity index (χ1v) is 8.25. The van der Waals surface area contributed by atoms with Crippen LogP contribution in [0.4, 0.5) is 0 Å². The van der Waals surface area contributed by atoms with E-state index in [2.05, 4.69) is 12.2 Å². The molecule has 0 aliphatic heterocycles. The highest BCUT2D eigenvalue weighted by Gasteiger charge is 2.45. The van der Waals surface area contributed by atoms with Crippen LogP contribution in [-0.2, 0) is 9.59 Å². The first-order valence-electron chi connectivity index (χ1n) is 8.25. The van der Waals surface area contributed by atoms with E-state index in [0.717, 1.165) is 5.92 Å². The van der Waals surface area contributed by atoms with Crippen molar-refractivity contribution < 1.29 is 19.8 Å². The maximum absolute atomic E-state index is 11.8. The summed E-state index contributed by atoms with van der Waals surface area (Å²) in [7, 11) is 0. The normalized spacial score (nSPS) is 34.2. The van der Waals surface area contributed by atoms with Crippen molar-refractivity contribution in [1.29, 1.82) is 0 Å². The number of aliphatic hydroxyl groups is 1. The second-order valence-corrected chi connectivity index (χ2v) is 7.16. The molecule has 0 heterocycles. The number of nitrogens with two attached hydrogens (primary N) is 1. The van der Waals surface area contributed by atoms with E-state index >= 15 is 0 Å². The third-order valence-corrected chi connectivity index (χ3v) is 5.73. The predicted molar refractivity (Wildman–Crippen MR) is 81.9 cm³/mol. The van der Waals surface area contributed by atoms with Crippen LogP contribution in [0.25, 0.3) is 0 Å². The van der Waals surface area contributed by atoms with E-state index in [1.807, 2.05) is 0 Å². The number of carboxylic acids is 1. The molecule has 1 amide bonds. The first kappa shape index (κ1) is 17.2. The van der Waals surface area contributed by atoms with Crippen molar-refractivity contribution >= 4 is 11.9 Å². The average molecular weight is 312 g/mol. The van der Waals surface area contributed by atoms with Crippen molar-refractivity contribution in [3.8, 4) is 0 Å². The summed E-state index contributed by atoms with van der Waals surface area (Å²) in [6, 6.07) is -1.49. The van der Waals surface area contributed by atoms with E-state index in [0.29, 0.717) is 24.2 Å². The molecule has 2 fully saturated rings. The molecule has 2 aliphatic rings. The predicted octanol–water partition coefficient (Wildman–Crippen LogP) is 0.726. The standard InChI is InChI=1S/C16H28N2O4/c1-8-10-3-4-11(5-10)12(8)6-14(19)9(2)18-16(22)13(17)7-15(20)21/h8-14,19H,3-7,17H2,1-2H3,(H,18,22)(H,20,21)/t8-,9-,10?,11?,12+,13+,14-/m1/s1. The topological polar surface area (TPSA) is 113 Å². The molecule has 2 unspecified atom stereocenters. The molecule has 22 heavy (non-hydrogen) atoms. The molecule has 0 saturated heterocycles. The maximum Gasteiger partial charge on any atom is 0.305 e. The lowest BCUT2D eigenvalue weighted by Gasteiger charge is -2.32. The van der Waals surface area contributed by atoms with Gasteiger partial charge in [-0.1, -0.05) is 6.92 Å². The van der Waals surface area contributed by atoms with Crippen LogP contribution < -0.4 is 11.1 Å². The third-order valence-electron chi connectivity index (χ3n) is 5.73. The van der Waals surface area contributed by atoms with Gasteiger partial charge >= 0.3 is 5.97 Å². The largest absolute Gasteiger partial charge is 0.481 e. The highest BCUT2D eigenvalue weighted by Crippen LogP contribution is 2.53. The number of aliphatic hydroxyl groups excluding tert-OH is 1. The molecule has 2 rings (SSSR count). The molecule has 5 N–H and O–H groups in total. The number of hydrogen-bond acceptors (Lipinski definition) is 4. The molecule has 2 bridgehead atoms. The van der Waals surface area contributed by atoms with Gasteiger partial charge in [0, 0.05) is 0 Å². The Hall–Kier alpha value is -1.14. The van der Waals surface area contributed by atoms with Crippen LogP contribution in [0.15, 0.2) is 0 Å². The second kappa shape index (κ2) is 6.96. The van der Waals surface area contributed by atoms with Gasteiger partial charge in [-0.3, -0.25) is 9.59 Å². The quantitative estimate of drug-likeness (QED) is 0.553. The van der Waals surface area contributed by atoms with Gasteiger partial charge in [0.2, 0.25) is 5.91 Å². The summed E-state index contributed by atoms with van der Waals surface area (Å²) < 4.78 is 0. The summed E-state index contributed by atoms with van der Waals surface area (Å²) in [6.07, 6.45) is 3.53. The summed E-state index contributed by atoms with van der Waals surface area (Å²) in [5, 5.41) is 21.7. The van der Waals surface area contributed by atoms with E-state index in [-0.39, 0.29) is 0 Å². The Morgan fingerprint density at radius 2 is 1.95 bits per heavy atom. The van der Waals surface area contributed by atoms with Crippen molar-refractivity contribution in [1.82, 2.24) is 5.32 Å². The molecule has 0 aromatic rings. The molecule has 6 heteroatoms. The number of aliphatic carboxylic acids is 1. The number of carbonyl (C=O) groups is 2. The van der Waals surface area contributed by atoms with Crippen LogP contribution in [0.5, 0.6) is 0 Å². The number of fused-ring (bicyclic) bond motifs is 2. The molecular formula is C16H28N2O4. The average Bonchev–Trinajstić information content (AvgIpc) is 3.01. The lowest BCUT2D eigenvalue weighted by Crippen LogP contribution is -2.49. The van der Waals surface area contributed by atoms with Crippen LogP contribution in [0, 0.1) is 23.7 Å². The van der Waals surface area contributed by atoms with E-state index in [1.165, 1.54) is 19.3 Å². The fourth-order valence-corrected chi connectivity index (χ4v) is 4.30. The molecule has 0 radical (unpaired) electrons. The van der Waals surface area contributed by atoms with Gasteiger partial charge in [0.25, 0.3) is 0 Å². The lowest BCUT2D eigenvalue weighted by molar-refractivity contribution is -0.139. The minimum absolute atomic E-state index is 0.405. The van der Waals surface area contributed by atoms with Crippen LogP contribution in [0.1, 0.15) is 46.0 Å². The summed E-state index contributed by atoms with van der Waals surface area (Å²) >= 11 is 0. The van der Waals surface area contributed by atoms with Gasteiger partial charge in [-0.2, -0.15) is 0 Å². The number of rotatable bonds is 7. The molecule has 0 spiro atoms. The van der Waals surface area contributed by atoms with Gasteiger partial charge < -0.3 is 21.3 Å². The SMILES string of the molecule is C[C@@H]1C2CCC(C2)[C@H]1C[C@@H](O)[C@@H](C)NC(=O)[C@@H](N)CC(=O)O. The third kappa shape index (κ3) is 3.79. The second-order valence-electron chi connectivity index (χ2n) is 7.16. The van der Waals surface area contributed by atoms with Gasteiger partial charge in [0.05, 0.1) is 24.6 Å². The van der Waals surface area contributed by atoms with Crippen molar-refractivity contribution in [2.24, 2.45) is 29.4 Å². The minimum Gasteiger partial charge on any atom is -0.481 e. The van der Waals surface area contributed by atoms with E-state index in [4.69, 9.17) is 10.8 Å². The molecule has 6 nitrogen and oxygen atoms in total. The monoisotopic (exact) mass is 312 g/mol. The molecule has 126 valence electrons. The Morgan fingerprint density at radius 3 is 2.50 bits per heavy atom. The first-order chi connectivity index (χ1) is 10.3. The van der Waals surface area contributed by atoms with E-state index in [9.17, 15) is 14.7 Å². The molecule has 0 aromatic heterocycles. The van der Waals surface area contributed by atoms with Gasteiger partial charge in [0.15, 0.2) is 0 Å². The van der Waals surface area contributed by atoms with Gasteiger partial charge in [0.1, 0.15) is 0 Å². The van der Waals surface area contributed by atoms with Crippen LogP contribution >= 0.6 is 0 Å². The summed E-state index contributed by atoms with van der Waals surface area (Å²) in [4.78, 5) is 22.4. The molecule has 2 saturated carbocycles. The minimum atomic E-state index is -1.10. The molecular weight excluding hydrogens is 284 g/mol. The highest BCUT2D eigenvalue weighted by molar-refractivity contribution is 5.86. The zero-order valence-electron chi connectivity index (χ0n) is 13.4. The van der Waals surface area contributed by atoms with Gasteiger partial charge in [-0.05, 0) is 56.3 Å². The number of carboxylic acid groups (broad SMARTS) is 1. The Morgan fingerprint density at radius 1 is 1.32 bits per heavy atom. The van der Waals surface area contributed by atoms with Crippen LogP contribution in [0.3, 0.4) is 0 Å².